The number of amides is 2. The number of hydrogen-bond donors (Lipinski definition) is 0. The molecule has 1 aromatic carbocycles. The SMILES string of the molecule is C=c1c(C2CCCCC2)c2n(c1=C)CC1(C(=O)N3C[C@H]4CC3CN4C(=O)OC)CC1c1cc(OC)ccc1-2. The Balaban J connectivity index is 1.32. The van der Waals surface area contributed by atoms with Crippen LogP contribution in [0.3, 0.4) is 0 Å². The molecule has 2 saturated carbocycles. The molecule has 7 heteroatoms. The minimum atomic E-state index is -0.505. The van der Waals surface area contributed by atoms with Crippen LogP contribution < -0.4 is 15.3 Å². The van der Waals surface area contributed by atoms with E-state index in [9.17, 15) is 9.59 Å². The van der Waals surface area contributed by atoms with Gasteiger partial charge in [0.1, 0.15) is 5.75 Å². The number of hydrogen-bond acceptors (Lipinski definition) is 4. The molecule has 2 amide bonds. The molecule has 7 nitrogen and oxygen atoms in total. The Hall–Kier alpha value is -3.22. The maximum Gasteiger partial charge on any atom is 0.409 e. The summed E-state index contributed by atoms with van der Waals surface area (Å²) in [6.07, 6.45) is 7.54. The van der Waals surface area contributed by atoms with Crippen LogP contribution in [0.25, 0.3) is 24.4 Å². The molecular weight excluding hydrogens is 478 g/mol. The maximum atomic E-state index is 14.4. The van der Waals surface area contributed by atoms with Gasteiger partial charge in [0.2, 0.25) is 5.91 Å². The van der Waals surface area contributed by atoms with Crippen LogP contribution in [0.5, 0.6) is 5.75 Å². The zero-order chi connectivity index (χ0) is 26.3. The van der Waals surface area contributed by atoms with Gasteiger partial charge in [0.25, 0.3) is 0 Å². The molecule has 2 aliphatic carbocycles. The highest BCUT2D eigenvalue weighted by Gasteiger charge is 2.65. The first-order valence-corrected chi connectivity index (χ1v) is 14.1. The third-order valence-electron chi connectivity index (χ3n) is 10.3. The molecule has 5 aliphatic rings. The Bertz CT molecular complexity index is 1440. The van der Waals surface area contributed by atoms with E-state index in [1.807, 2.05) is 6.07 Å². The van der Waals surface area contributed by atoms with Crippen LogP contribution in [0.1, 0.15) is 67.9 Å². The lowest BCUT2D eigenvalue weighted by Crippen LogP contribution is -2.53. The number of methoxy groups -OCH3 is 2. The van der Waals surface area contributed by atoms with Crippen LogP contribution in [0.2, 0.25) is 0 Å². The summed E-state index contributed by atoms with van der Waals surface area (Å²) in [5.41, 5.74) is 4.49. The van der Waals surface area contributed by atoms with E-state index in [2.05, 4.69) is 34.8 Å². The van der Waals surface area contributed by atoms with Gasteiger partial charge in [-0.25, -0.2) is 4.79 Å². The summed E-state index contributed by atoms with van der Waals surface area (Å²) >= 11 is 0. The number of aromatic nitrogens is 1. The fraction of sp³-hybridized carbons (Fsp3) is 0.548. The summed E-state index contributed by atoms with van der Waals surface area (Å²) < 4.78 is 13.0. The number of ether oxygens (including phenoxy) is 2. The summed E-state index contributed by atoms with van der Waals surface area (Å²) in [5.74, 6) is 1.68. The average molecular weight is 516 g/mol. The zero-order valence-electron chi connectivity index (χ0n) is 22.5. The molecule has 0 spiro atoms. The van der Waals surface area contributed by atoms with E-state index < -0.39 is 5.41 Å². The van der Waals surface area contributed by atoms with Crippen molar-refractivity contribution in [1.29, 1.82) is 0 Å². The van der Waals surface area contributed by atoms with Crippen LogP contribution in [0.15, 0.2) is 18.2 Å². The number of nitrogens with zero attached hydrogens (tertiary/aromatic N) is 3. The highest BCUT2D eigenvalue weighted by molar-refractivity contribution is 5.90. The topological polar surface area (TPSA) is 64.0 Å². The van der Waals surface area contributed by atoms with Gasteiger partial charge in [0.15, 0.2) is 0 Å². The molecule has 4 heterocycles. The van der Waals surface area contributed by atoms with Crippen molar-refractivity contribution in [2.75, 3.05) is 27.3 Å². The smallest absolute Gasteiger partial charge is 0.409 e. The van der Waals surface area contributed by atoms with E-state index in [4.69, 9.17) is 9.47 Å². The van der Waals surface area contributed by atoms with E-state index in [0.717, 1.165) is 29.2 Å². The van der Waals surface area contributed by atoms with Gasteiger partial charge in [-0.3, -0.25) is 4.79 Å². The predicted molar refractivity (Wildman–Crippen MR) is 145 cm³/mol. The normalized spacial score (nSPS) is 29.4. The third kappa shape index (κ3) is 3.20. The number of fused-ring (bicyclic) bond motifs is 7. The fourth-order valence-corrected chi connectivity index (χ4v) is 8.23. The lowest BCUT2D eigenvalue weighted by molar-refractivity contribution is -0.140. The minimum absolute atomic E-state index is 0.0399. The van der Waals surface area contributed by atoms with Crippen molar-refractivity contribution in [3.63, 3.8) is 0 Å². The van der Waals surface area contributed by atoms with Crippen molar-refractivity contribution in [2.24, 2.45) is 5.41 Å². The van der Waals surface area contributed by atoms with Crippen molar-refractivity contribution in [2.45, 2.75) is 75.4 Å². The van der Waals surface area contributed by atoms with Crippen LogP contribution in [0, 0.1) is 5.41 Å². The summed E-state index contributed by atoms with van der Waals surface area (Å²) in [6.45, 7) is 10.8. The number of carbonyl (C=O) groups excluding carboxylic acids is 2. The lowest BCUT2D eigenvalue weighted by atomic mass is 9.82. The fourth-order valence-electron chi connectivity index (χ4n) is 8.23. The number of rotatable bonds is 3. The van der Waals surface area contributed by atoms with Gasteiger partial charge < -0.3 is 23.8 Å². The Labute approximate surface area is 223 Å². The van der Waals surface area contributed by atoms with Gasteiger partial charge in [-0.05, 0) is 66.1 Å². The van der Waals surface area contributed by atoms with Crippen molar-refractivity contribution in [3.8, 4) is 17.0 Å². The summed E-state index contributed by atoms with van der Waals surface area (Å²) in [4.78, 5) is 30.5. The largest absolute Gasteiger partial charge is 0.497 e. The first kappa shape index (κ1) is 23.9. The molecule has 1 aromatic heterocycles. The molecule has 200 valence electrons. The van der Waals surface area contributed by atoms with Gasteiger partial charge >= 0.3 is 6.09 Å². The summed E-state index contributed by atoms with van der Waals surface area (Å²) in [6, 6.07) is 6.49. The van der Waals surface area contributed by atoms with E-state index >= 15 is 0 Å². The third-order valence-corrected chi connectivity index (χ3v) is 10.3. The lowest BCUT2D eigenvalue weighted by Gasteiger charge is -2.35. The highest BCUT2D eigenvalue weighted by atomic mass is 16.5. The number of likely N-dealkylation sites (tertiary alicyclic amines) is 2. The number of carbonyl (C=O) groups is 2. The standard InChI is InChI=1S/C31H37N3O4/c1-18-19(2)34-17-31(29(35)32-15-22-12-21(32)16-33(22)30(36)38-4)14-26(31)25-13-23(37-3)10-11-24(25)28(34)27(18)20-8-6-5-7-9-20/h10-11,13,20-22,26H,1-2,5-9,12,14-17H2,3-4H3/t21?,22-,26?,31?/m1/s1. The van der Waals surface area contributed by atoms with Gasteiger partial charge in [0.05, 0.1) is 37.4 Å². The molecule has 3 aliphatic heterocycles. The van der Waals surface area contributed by atoms with Crippen LogP contribution in [-0.4, -0.2) is 65.8 Å². The van der Waals surface area contributed by atoms with Crippen LogP contribution >= 0.6 is 0 Å². The number of piperazine rings is 1. The van der Waals surface area contributed by atoms with Crippen molar-refractivity contribution in [3.05, 3.63) is 39.9 Å². The molecular formula is C31H37N3O4. The molecule has 2 bridgehead atoms. The monoisotopic (exact) mass is 515 g/mol. The van der Waals surface area contributed by atoms with Gasteiger partial charge in [-0.15, -0.1) is 0 Å². The molecule has 7 rings (SSSR count). The van der Waals surface area contributed by atoms with E-state index in [1.54, 1.807) is 12.0 Å². The zero-order valence-corrected chi connectivity index (χ0v) is 22.5. The first-order valence-electron chi connectivity index (χ1n) is 14.1. The van der Waals surface area contributed by atoms with Crippen molar-refractivity contribution >= 4 is 25.2 Å². The summed E-state index contributed by atoms with van der Waals surface area (Å²) in [7, 11) is 3.13. The van der Waals surface area contributed by atoms with Crippen LogP contribution in [0.4, 0.5) is 4.79 Å². The van der Waals surface area contributed by atoms with Crippen molar-refractivity contribution < 1.29 is 19.1 Å². The summed E-state index contributed by atoms with van der Waals surface area (Å²) in [5, 5.41) is 1.99. The molecule has 2 aromatic rings. The highest BCUT2D eigenvalue weighted by Crippen LogP contribution is 2.65. The van der Waals surface area contributed by atoms with E-state index in [1.165, 1.54) is 61.6 Å². The molecule has 3 unspecified atom stereocenters. The Kier molecular flexibility index (Phi) is 5.27. The van der Waals surface area contributed by atoms with Gasteiger partial charge in [-0.2, -0.15) is 0 Å². The molecule has 4 atom stereocenters. The molecule has 2 saturated heterocycles. The second-order valence-corrected chi connectivity index (χ2v) is 12.1. The predicted octanol–water partition coefficient (Wildman–Crippen LogP) is 3.57. The molecule has 38 heavy (non-hydrogen) atoms. The van der Waals surface area contributed by atoms with E-state index in [-0.39, 0.29) is 30.0 Å². The van der Waals surface area contributed by atoms with Gasteiger partial charge in [-0.1, -0.05) is 32.4 Å². The van der Waals surface area contributed by atoms with Crippen LogP contribution in [-0.2, 0) is 16.1 Å². The molecule has 4 fully saturated rings. The molecule has 0 N–H and O–H groups in total. The van der Waals surface area contributed by atoms with Gasteiger partial charge in [0, 0.05) is 36.5 Å². The maximum absolute atomic E-state index is 14.4. The van der Waals surface area contributed by atoms with Crippen molar-refractivity contribution in [1.82, 2.24) is 14.4 Å². The Morgan fingerprint density at radius 2 is 1.76 bits per heavy atom. The minimum Gasteiger partial charge on any atom is -0.497 e. The first-order chi connectivity index (χ1) is 18.4. The molecule has 0 radical (unpaired) electrons. The Morgan fingerprint density at radius 1 is 1.03 bits per heavy atom. The number of benzene rings is 1. The van der Waals surface area contributed by atoms with E-state index in [0.29, 0.717) is 25.6 Å². The quantitative estimate of drug-likeness (QED) is 0.627. The Morgan fingerprint density at radius 3 is 2.45 bits per heavy atom. The second-order valence-electron chi connectivity index (χ2n) is 12.1. The second kappa shape index (κ2) is 8.39. The average Bonchev–Trinajstić information content (AvgIpc) is 3.21.